The van der Waals surface area contributed by atoms with Gasteiger partial charge in [-0.25, -0.2) is 0 Å². The number of hydrogen-bond acceptors (Lipinski definition) is 3. The predicted octanol–water partition coefficient (Wildman–Crippen LogP) is 1.02. The third kappa shape index (κ3) is 6.01. The molecule has 66 valence electrons. The molecule has 0 aromatic heterocycles. The standard InChI is InChI=1S/C8H16O3/c1-4-10-7-8(2,3)11-6-5-9/h5H,4,6-7H2,1-3H3. The van der Waals surface area contributed by atoms with Crippen molar-refractivity contribution in [3.8, 4) is 0 Å². The molecule has 0 aliphatic heterocycles. The molecule has 0 N–H and O–H groups in total. The van der Waals surface area contributed by atoms with Crippen LogP contribution in [0.15, 0.2) is 0 Å². The lowest BCUT2D eigenvalue weighted by molar-refractivity contribution is -0.121. The van der Waals surface area contributed by atoms with E-state index < -0.39 is 0 Å². The number of ether oxygens (including phenoxy) is 2. The summed E-state index contributed by atoms with van der Waals surface area (Å²) >= 11 is 0. The zero-order chi connectivity index (χ0) is 8.74. The fourth-order valence-electron chi connectivity index (χ4n) is 0.649. The first-order valence-corrected chi connectivity index (χ1v) is 3.77. The van der Waals surface area contributed by atoms with Gasteiger partial charge in [0.25, 0.3) is 0 Å². The Labute approximate surface area is 67.7 Å². The highest BCUT2D eigenvalue weighted by Gasteiger charge is 2.17. The molecule has 0 aliphatic carbocycles. The number of carbonyl (C=O) groups is 1. The Morgan fingerprint density at radius 3 is 2.55 bits per heavy atom. The van der Waals surface area contributed by atoms with E-state index in [0.717, 1.165) is 6.29 Å². The Morgan fingerprint density at radius 2 is 2.09 bits per heavy atom. The first-order valence-electron chi connectivity index (χ1n) is 3.77. The molecule has 3 nitrogen and oxygen atoms in total. The van der Waals surface area contributed by atoms with Crippen molar-refractivity contribution in [2.24, 2.45) is 0 Å². The summed E-state index contributed by atoms with van der Waals surface area (Å²) in [5.41, 5.74) is -0.350. The second-order valence-corrected chi connectivity index (χ2v) is 2.87. The molecule has 0 rings (SSSR count). The molecule has 0 bridgehead atoms. The highest BCUT2D eigenvalue weighted by molar-refractivity contribution is 5.50. The first-order chi connectivity index (χ1) is 5.12. The largest absolute Gasteiger partial charge is 0.379 e. The molecule has 0 atom stereocenters. The number of rotatable bonds is 6. The molecule has 0 spiro atoms. The van der Waals surface area contributed by atoms with Crippen molar-refractivity contribution < 1.29 is 14.3 Å². The summed E-state index contributed by atoms with van der Waals surface area (Å²) in [6.45, 7) is 7.05. The van der Waals surface area contributed by atoms with Crippen molar-refractivity contribution in [1.82, 2.24) is 0 Å². The van der Waals surface area contributed by atoms with Crippen LogP contribution in [0, 0.1) is 0 Å². The number of carbonyl (C=O) groups excluding carboxylic acids is 1. The minimum atomic E-state index is -0.350. The molecule has 0 amide bonds. The number of aldehydes is 1. The molecule has 3 heteroatoms. The summed E-state index contributed by atoms with van der Waals surface area (Å²) < 4.78 is 10.3. The molecule has 0 aliphatic rings. The normalized spacial score (nSPS) is 11.5. The van der Waals surface area contributed by atoms with Gasteiger partial charge in [-0.3, -0.25) is 0 Å². The van der Waals surface area contributed by atoms with Gasteiger partial charge in [0, 0.05) is 6.61 Å². The molecule has 0 unspecified atom stereocenters. The quantitative estimate of drug-likeness (QED) is 0.544. The van der Waals surface area contributed by atoms with Gasteiger partial charge in [0.05, 0.1) is 12.2 Å². The van der Waals surface area contributed by atoms with E-state index in [2.05, 4.69) is 0 Å². The molecule has 0 aromatic rings. The molecule has 0 saturated heterocycles. The Balaban J connectivity index is 3.51. The van der Waals surface area contributed by atoms with Crippen LogP contribution in [0.2, 0.25) is 0 Å². The van der Waals surface area contributed by atoms with Gasteiger partial charge in [-0.1, -0.05) is 0 Å². The molecule has 0 aromatic carbocycles. The van der Waals surface area contributed by atoms with Gasteiger partial charge in [-0.15, -0.1) is 0 Å². The lowest BCUT2D eigenvalue weighted by Crippen LogP contribution is -2.31. The van der Waals surface area contributed by atoms with E-state index in [1.54, 1.807) is 0 Å². The first kappa shape index (κ1) is 10.6. The van der Waals surface area contributed by atoms with Gasteiger partial charge in [0.15, 0.2) is 0 Å². The van der Waals surface area contributed by atoms with E-state index in [0.29, 0.717) is 13.2 Å². The van der Waals surface area contributed by atoms with Gasteiger partial charge in [0.1, 0.15) is 12.9 Å². The fourth-order valence-corrected chi connectivity index (χ4v) is 0.649. The zero-order valence-electron chi connectivity index (χ0n) is 7.42. The second-order valence-electron chi connectivity index (χ2n) is 2.87. The van der Waals surface area contributed by atoms with Gasteiger partial charge < -0.3 is 14.3 Å². The van der Waals surface area contributed by atoms with E-state index in [-0.39, 0.29) is 12.2 Å². The van der Waals surface area contributed by atoms with Crippen LogP contribution in [-0.2, 0) is 14.3 Å². The van der Waals surface area contributed by atoms with Crippen LogP contribution in [0.1, 0.15) is 20.8 Å². The van der Waals surface area contributed by atoms with E-state index in [4.69, 9.17) is 9.47 Å². The van der Waals surface area contributed by atoms with Crippen LogP contribution in [0.4, 0.5) is 0 Å². The third-order valence-electron chi connectivity index (χ3n) is 1.20. The van der Waals surface area contributed by atoms with E-state index in [9.17, 15) is 4.79 Å². The van der Waals surface area contributed by atoms with Crippen molar-refractivity contribution in [3.63, 3.8) is 0 Å². The van der Waals surface area contributed by atoms with Gasteiger partial charge in [-0.05, 0) is 20.8 Å². The molecular weight excluding hydrogens is 144 g/mol. The molecule has 11 heavy (non-hydrogen) atoms. The van der Waals surface area contributed by atoms with Crippen LogP contribution in [0.3, 0.4) is 0 Å². The average molecular weight is 160 g/mol. The van der Waals surface area contributed by atoms with E-state index in [1.807, 2.05) is 20.8 Å². The van der Waals surface area contributed by atoms with E-state index in [1.165, 1.54) is 0 Å². The maximum absolute atomic E-state index is 9.96. The van der Waals surface area contributed by atoms with Crippen LogP contribution in [0.25, 0.3) is 0 Å². The van der Waals surface area contributed by atoms with E-state index >= 15 is 0 Å². The Bertz CT molecular complexity index is 110. The lowest BCUT2D eigenvalue weighted by atomic mass is 10.1. The molecule has 0 fully saturated rings. The fraction of sp³-hybridized carbons (Fsp3) is 0.875. The predicted molar refractivity (Wildman–Crippen MR) is 42.6 cm³/mol. The summed E-state index contributed by atoms with van der Waals surface area (Å²) in [4.78, 5) is 9.96. The SMILES string of the molecule is CCOCC(C)(C)OCC=O. The van der Waals surface area contributed by atoms with Gasteiger partial charge >= 0.3 is 0 Å². The average Bonchev–Trinajstić information content (AvgIpc) is 1.97. The van der Waals surface area contributed by atoms with Gasteiger partial charge in [0.2, 0.25) is 0 Å². The third-order valence-corrected chi connectivity index (χ3v) is 1.20. The lowest BCUT2D eigenvalue weighted by Gasteiger charge is -2.23. The molecule has 0 radical (unpaired) electrons. The van der Waals surface area contributed by atoms with Crippen LogP contribution in [0.5, 0.6) is 0 Å². The molecule has 0 saturated carbocycles. The Morgan fingerprint density at radius 1 is 1.45 bits per heavy atom. The summed E-state index contributed by atoms with van der Waals surface area (Å²) in [6, 6.07) is 0. The molecular formula is C8H16O3. The second kappa shape index (κ2) is 5.27. The summed E-state index contributed by atoms with van der Waals surface area (Å²) in [5, 5.41) is 0. The number of hydrogen-bond donors (Lipinski definition) is 0. The Kier molecular flexibility index (Phi) is 5.07. The van der Waals surface area contributed by atoms with Crippen molar-refractivity contribution in [3.05, 3.63) is 0 Å². The van der Waals surface area contributed by atoms with Crippen molar-refractivity contribution in [1.29, 1.82) is 0 Å². The van der Waals surface area contributed by atoms with Crippen molar-refractivity contribution in [2.45, 2.75) is 26.4 Å². The minimum absolute atomic E-state index is 0.139. The monoisotopic (exact) mass is 160 g/mol. The maximum Gasteiger partial charge on any atom is 0.145 e. The highest BCUT2D eigenvalue weighted by Crippen LogP contribution is 2.08. The smallest absolute Gasteiger partial charge is 0.145 e. The highest BCUT2D eigenvalue weighted by atomic mass is 16.5. The summed E-state index contributed by atoms with van der Waals surface area (Å²) in [7, 11) is 0. The topological polar surface area (TPSA) is 35.5 Å². The van der Waals surface area contributed by atoms with Crippen LogP contribution >= 0.6 is 0 Å². The minimum Gasteiger partial charge on any atom is -0.379 e. The van der Waals surface area contributed by atoms with Crippen LogP contribution < -0.4 is 0 Å². The van der Waals surface area contributed by atoms with Crippen molar-refractivity contribution in [2.75, 3.05) is 19.8 Å². The summed E-state index contributed by atoms with van der Waals surface area (Å²) in [5.74, 6) is 0. The summed E-state index contributed by atoms with van der Waals surface area (Å²) in [6.07, 6.45) is 0.744. The van der Waals surface area contributed by atoms with Crippen LogP contribution in [-0.4, -0.2) is 31.7 Å². The van der Waals surface area contributed by atoms with Gasteiger partial charge in [-0.2, -0.15) is 0 Å². The maximum atomic E-state index is 9.96. The molecule has 0 heterocycles. The van der Waals surface area contributed by atoms with Crippen molar-refractivity contribution >= 4 is 6.29 Å². The Hall–Kier alpha value is -0.410. The zero-order valence-corrected chi connectivity index (χ0v) is 7.42.